The van der Waals surface area contributed by atoms with Crippen molar-refractivity contribution in [3.63, 3.8) is 0 Å². The van der Waals surface area contributed by atoms with Crippen molar-refractivity contribution in [3.8, 4) is 11.5 Å². The normalized spacial score (nSPS) is 18.4. The van der Waals surface area contributed by atoms with E-state index in [1.807, 2.05) is 6.07 Å². The number of benzene rings is 1. The van der Waals surface area contributed by atoms with E-state index in [1.165, 1.54) is 0 Å². The maximum Gasteiger partial charge on any atom is 0.164 e. The van der Waals surface area contributed by atoms with E-state index in [0.717, 1.165) is 28.9 Å². The number of fused-ring (bicyclic) bond motifs is 1. The van der Waals surface area contributed by atoms with Gasteiger partial charge in [-0.15, -0.1) is 0 Å². The Bertz CT molecular complexity index is 503. The molecule has 0 aromatic heterocycles. The molecule has 0 bridgehead atoms. The molecule has 1 aromatic rings. The van der Waals surface area contributed by atoms with Gasteiger partial charge >= 0.3 is 0 Å². The van der Waals surface area contributed by atoms with Gasteiger partial charge in [0.25, 0.3) is 0 Å². The number of methoxy groups -OCH3 is 2. The highest BCUT2D eigenvalue weighted by Gasteiger charge is 2.29. The summed E-state index contributed by atoms with van der Waals surface area (Å²) in [5.41, 5.74) is 3.09. The predicted octanol–water partition coefficient (Wildman–Crippen LogP) is 3.59. The summed E-state index contributed by atoms with van der Waals surface area (Å²) in [5.74, 6) is 2.36. The topological polar surface area (TPSA) is 35.5 Å². The lowest BCUT2D eigenvalue weighted by Crippen LogP contribution is -2.21. The van der Waals surface area contributed by atoms with Crippen LogP contribution in [0, 0.1) is 5.92 Å². The molecule has 0 N–H and O–H groups in total. The monoisotopic (exact) mass is 262 g/mol. The van der Waals surface area contributed by atoms with E-state index >= 15 is 0 Å². The van der Waals surface area contributed by atoms with Crippen LogP contribution in [0.1, 0.15) is 54.6 Å². The summed E-state index contributed by atoms with van der Waals surface area (Å²) >= 11 is 0. The van der Waals surface area contributed by atoms with E-state index in [2.05, 4.69) is 20.8 Å². The van der Waals surface area contributed by atoms with Gasteiger partial charge < -0.3 is 9.47 Å². The molecule has 0 fully saturated rings. The number of ether oxygens (including phenoxy) is 2. The Morgan fingerprint density at radius 1 is 1.21 bits per heavy atom. The molecule has 0 spiro atoms. The lowest BCUT2D eigenvalue weighted by atomic mass is 9.79. The molecule has 3 heteroatoms. The summed E-state index contributed by atoms with van der Waals surface area (Å²) in [7, 11) is 3.27. The van der Waals surface area contributed by atoms with Gasteiger partial charge in [-0.25, -0.2) is 0 Å². The Labute approximate surface area is 114 Å². The van der Waals surface area contributed by atoms with Crippen LogP contribution in [0.4, 0.5) is 0 Å². The molecule has 0 saturated carbocycles. The van der Waals surface area contributed by atoms with Crippen LogP contribution in [0.25, 0.3) is 0 Å². The zero-order chi connectivity index (χ0) is 14.2. The molecule has 1 aliphatic rings. The Kier molecular flexibility index (Phi) is 3.83. The largest absolute Gasteiger partial charge is 0.493 e. The second kappa shape index (κ2) is 5.24. The van der Waals surface area contributed by atoms with Crippen molar-refractivity contribution in [3.05, 3.63) is 22.8 Å². The van der Waals surface area contributed by atoms with Crippen LogP contribution in [-0.4, -0.2) is 20.0 Å². The van der Waals surface area contributed by atoms with Gasteiger partial charge in [0.15, 0.2) is 17.3 Å². The summed E-state index contributed by atoms with van der Waals surface area (Å²) in [6.07, 6.45) is 1.56. The van der Waals surface area contributed by atoms with Gasteiger partial charge in [-0.1, -0.05) is 20.8 Å². The number of hydrogen-bond acceptors (Lipinski definition) is 3. The second-order valence-electron chi connectivity index (χ2n) is 5.64. The molecule has 0 amide bonds. The van der Waals surface area contributed by atoms with Crippen molar-refractivity contribution < 1.29 is 14.3 Å². The third kappa shape index (κ3) is 2.34. The molecule has 1 aliphatic carbocycles. The fourth-order valence-corrected chi connectivity index (χ4v) is 2.99. The summed E-state index contributed by atoms with van der Waals surface area (Å²) < 4.78 is 10.9. The van der Waals surface area contributed by atoms with Crippen molar-refractivity contribution >= 4 is 5.78 Å². The quantitative estimate of drug-likeness (QED) is 0.835. The Morgan fingerprint density at radius 2 is 1.89 bits per heavy atom. The van der Waals surface area contributed by atoms with E-state index in [1.54, 1.807) is 14.2 Å². The van der Waals surface area contributed by atoms with Crippen LogP contribution in [0.5, 0.6) is 11.5 Å². The first-order chi connectivity index (χ1) is 8.99. The summed E-state index contributed by atoms with van der Waals surface area (Å²) in [6.45, 7) is 6.38. The SMILES string of the molecule is COc1cc2c(c(C(C)C)c1OC)CC(C)CC2=O. The predicted molar refractivity (Wildman–Crippen MR) is 75.5 cm³/mol. The van der Waals surface area contributed by atoms with E-state index < -0.39 is 0 Å². The fraction of sp³-hybridized carbons (Fsp3) is 0.562. The van der Waals surface area contributed by atoms with Crippen LogP contribution in [0.2, 0.25) is 0 Å². The van der Waals surface area contributed by atoms with Crippen LogP contribution < -0.4 is 9.47 Å². The zero-order valence-electron chi connectivity index (χ0n) is 12.4. The summed E-state index contributed by atoms with van der Waals surface area (Å²) in [5, 5.41) is 0. The third-order valence-electron chi connectivity index (χ3n) is 3.78. The molecule has 0 saturated heterocycles. The summed E-state index contributed by atoms with van der Waals surface area (Å²) in [4.78, 5) is 12.2. The first kappa shape index (κ1) is 13.9. The molecule has 0 radical (unpaired) electrons. The minimum atomic E-state index is 0.219. The molecule has 3 nitrogen and oxygen atoms in total. The number of Topliss-reactive ketones (excluding diaryl/α,β-unsaturated/α-hetero) is 1. The standard InChI is InChI=1S/C16H22O3/c1-9(2)15-12-6-10(3)7-13(17)11(12)8-14(18-4)16(15)19-5/h8-10H,6-7H2,1-5H3. The molecule has 2 rings (SSSR count). The van der Waals surface area contributed by atoms with Gasteiger partial charge in [0, 0.05) is 17.5 Å². The van der Waals surface area contributed by atoms with Gasteiger partial charge in [0.05, 0.1) is 14.2 Å². The summed E-state index contributed by atoms with van der Waals surface area (Å²) in [6, 6.07) is 1.84. The minimum absolute atomic E-state index is 0.219. The Balaban J connectivity index is 2.73. The smallest absolute Gasteiger partial charge is 0.164 e. The second-order valence-corrected chi connectivity index (χ2v) is 5.64. The molecular formula is C16H22O3. The maximum absolute atomic E-state index is 12.2. The Hall–Kier alpha value is -1.51. The first-order valence-corrected chi connectivity index (χ1v) is 6.80. The number of hydrogen-bond donors (Lipinski definition) is 0. The van der Waals surface area contributed by atoms with Gasteiger partial charge in [0.2, 0.25) is 0 Å². The van der Waals surface area contributed by atoms with Gasteiger partial charge in [-0.3, -0.25) is 4.79 Å². The molecule has 19 heavy (non-hydrogen) atoms. The highest BCUT2D eigenvalue weighted by molar-refractivity contribution is 6.00. The lowest BCUT2D eigenvalue weighted by Gasteiger charge is -2.27. The van der Waals surface area contributed by atoms with Crippen molar-refractivity contribution in [2.24, 2.45) is 5.92 Å². The van der Waals surface area contributed by atoms with Crippen molar-refractivity contribution in [2.75, 3.05) is 14.2 Å². The van der Waals surface area contributed by atoms with Crippen molar-refractivity contribution in [1.29, 1.82) is 0 Å². The van der Waals surface area contributed by atoms with E-state index in [9.17, 15) is 4.79 Å². The molecule has 1 aromatic carbocycles. The van der Waals surface area contributed by atoms with Gasteiger partial charge in [-0.2, -0.15) is 0 Å². The van der Waals surface area contributed by atoms with E-state index in [-0.39, 0.29) is 5.78 Å². The molecule has 0 heterocycles. The number of rotatable bonds is 3. The van der Waals surface area contributed by atoms with Crippen LogP contribution in [-0.2, 0) is 6.42 Å². The van der Waals surface area contributed by atoms with E-state index in [0.29, 0.717) is 24.0 Å². The molecule has 0 aliphatic heterocycles. The van der Waals surface area contributed by atoms with Gasteiger partial charge in [-0.05, 0) is 29.9 Å². The van der Waals surface area contributed by atoms with Crippen LogP contribution in [0.15, 0.2) is 6.07 Å². The average molecular weight is 262 g/mol. The highest BCUT2D eigenvalue weighted by atomic mass is 16.5. The van der Waals surface area contributed by atoms with Crippen LogP contribution >= 0.6 is 0 Å². The highest BCUT2D eigenvalue weighted by Crippen LogP contribution is 2.43. The third-order valence-corrected chi connectivity index (χ3v) is 3.78. The molecule has 1 unspecified atom stereocenters. The number of carbonyl (C=O) groups is 1. The van der Waals surface area contributed by atoms with E-state index in [4.69, 9.17) is 9.47 Å². The minimum Gasteiger partial charge on any atom is -0.493 e. The number of ketones is 1. The van der Waals surface area contributed by atoms with Gasteiger partial charge in [0.1, 0.15) is 0 Å². The fourth-order valence-electron chi connectivity index (χ4n) is 2.99. The van der Waals surface area contributed by atoms with Crippen LogP contribution in [0.3, 0.4) is 0 Å². The lowest BCUT2D eigenvalue weighted by molar-refractivity contribution is 0.0952. The molecule has 104 valence electrons. The zero-order valence-corrected chi connectivity index (χ0v) is 12.4. The first-order valence-electron chi connectivity index (χ1n) is 6.80. The molecular weight excluding hydrogens is 240 g/mol. The average Bonchev–Trinajstić information content (AvgIpc) is 2.36. The van der Waals surface area contributed by atoms with Crippen molar-refractivity contribution in [1.82, 2.24) is 0 Å². The number of carbonyl (C=O) groups excluding carboxylic acids is 1. The van der Waals surface area contributed by atoms with Crippen molar-refractivity contribution in [2.45, 2.75) is 39.5 Å². The molecule has 1 atom stereocenters. The maximum atomic E-state index is 12.2. The Morgan fingerprint density at radius 3 is 2.42 bits per heavy atom.